The van der Waals surface area contributed by atoms with Crippen LogP contribution in [0.1, 0.15) is 23.7 Å². The van der Waals surface area contributed by atoms with Crippen molar-refractivity contribution in [3.8, 4) is 0 Å². The topological polar surface area (TPSA) is 55.1 Å². The van der Waals surface area contributed by atoms with Crippen LogP contribution in [0.25, 0.3) is 0 Å². The summed E-state index contributed by atoms with van der Waals surface area (Å²) < 4.78 is 0. The predicted molar refractivity (Wildman–Crippen MR) is 67.6 cm³/mol. The van der Waals surface area contributed by atoms with Crippen LogP contribution in [0.3, 0.4) is 0 Å². The Hall–Kier alpha value is -1.48. The third-order valence-electron chi connectivity index (χ3n) is 2.08. The summed E-state index contributed by atoms with van der Waals surface area (Å²) in [7, 11) is 0. The molecule has 1 unspecified atom stereocenters. The van der Waals surface area contributed by atoms with Gasteiger partial charge in [0.15, 0.2) is 0 Å². The minimum absolute atomic E-state index is 0.0465. The molecular weight excluding hydrogens is 224 g/mol. The van der Waals surface area contributed by atoms with E-state index in [4.69, 9.17) is 17.3 Å². The summed E-state index contributed by atoms with van der Waals surface area (Å²) in [5, 5.41) is 3.29. The summed E-state index contributed by atoms with van der Waals surface area (Å²) in [6, 6.07) is 4.84. The first-order chi connectivity index (χ1) is 7.52. The van der Waals surface area contributed by atoms with Crippen molar-refractivity contribution in [2.45, 2.75) is 19.4 Å². The second-order valence-corrected chi connectivity index (χ2v) is 4.11. The van der Waals surface area contributed by atoms with Gasteiger partial charge in [-0.05, 0) is 31.5 Å². The van der Waals surface area contributed by atoms with E-state index in [1.54, 1.807) is 24.3 Å². The van der Waals surface area contributed by atoms with Crippen molar-refractivity contribution in [3.05, 3.63) is 41.4 Å². The van der Waals surface area contributed by atoms with Crippen molar-refractivity contribution in [3.63, 3.8) is 0 Å². The maximum Gasteiger partial charge on any atom is 0.251 e. The average molecular weight is 239 g/mol. The molecule has 0 bridgehead atoms. The maximum absolute atomic E-state index is 11.8. The summed E-state index contributed by atoms with van der Waals surface area (Å²) in [5.41, 5.74) is 6.56. The summed E-state index contributed by atoms with van der Waals surface area (Å²) in [6.07, 6.45) is 2.49. The van der Waals surface area contributed by atoms with Crippen LogP contribution in [-0.4, -0.2) is 11.9 Å². The lowest BCUT2D eigenvalue weighted by atomic mass is 10.1. The number of nitrogens with one attached hydrogen (secondary N) is 1. The Morgan fingerprint density at radius 3 is 2.88 bits per heavy atom. The Kier molecular flexibility index (Phi) is 4.38. The maximum atomic E-state index is 11.8. The first-order valence-electron chi connectivity index (χ1n) is 5.00. The number of amides is 1. The fraction of sp³-hybridized carbons (Fsp3) is 0.250. The second-order valence-electron chi connectivity index (χ2n) is 3.67. The molecule has 86 valence electrons. The van der Waals surface area contributed by atoms with Crippen molar-refractivity contribution in [2.75, 3.05) is 5.73 Å². The number of nitrogens with two attached hydrogens (primary N) is 1. The van der Waals surface area contributed by atoms with Gasteiger partial charge in [0.05, 0.1) is 0 Å². The van der Waals surface area contributed by atoms with Crippen LogP contribution >= 0.6 is 11.6 Å². The van der Waals surface area contributed by atoms with Gasteiger partial charge in [0, 0.05) is 22.3 Å². The fourth-order valence-corrected chi connectivity index (χ4v) is 1.60. The highest BCUT2D eigenvalue weighted by atomic mass is 35.5. The molecular formula is C12H15ClN2O. The molecule has 1 amide bonds. The highest BCUT2D eigenvalue weighted by molar-refractivity contribution is 6.31. The van der Waals surface area contributed by atoms with E-state index in [0.29, 0.717) is 16.3 Å². The molecule has 16 heavy (non-hydrogen) atoms. The summed E-state index contributed by atoms with van der Waals surface area (Å²) >= 11 is 5.82. The van der Waals surface area contributed by atoms with Gasteiger partial charge in [0.25, 0.3) is 5.91 Å². The molecule has 1 rings (SSSR count). The van der Waals surface area contributed by atoms with E-state index in [2.05, 4.69) is 11.9 Å². The van der Waals surface area contributed by atoms with Crippen LogP contribution in [0.4, 0.5) is 5.69 Å². The average Bonchev–Trinajstić information content (AvgIpc) is 2.16. The van der Waals surface area contributed by atoms with Crippen LogP contribution in [-0.2, 0) is 0 Å². The highest BCUT2D eigenvalue weighted by Crippen LogP contribution is 2.16. The fourth-order valence-electron chi connectivity index (χ4n) is 1.36. The number of benzene rings is 1. The number of rotatable bonds is 4. The highest BCUT2D eigenvalue weighted by Gasteiger charge is 2.09. The lowest BCUT2D eigenvalue weighted by molar-refractivity contribution is 0.0940. The van der Waals surface area contributed by atoms with E-state index in [1.165, 1.54) is 0 Å². The lowest BCUT2D eigenvalue weighted by Gasteiger charge is -2.12. The van der Waals surface area contributed by atoms with Gasteiger partial charge >= 0.3 is 0 Å². The SMILES string of the molecule is C=CCC(C)NC(=O)c1cc(N)cc(Cl)c1. The number of hydrogen-bond acceptors (Lipinski definition) is 2. The zero-order chi connectivity index (χ0) is 12.1. The molecule has 1 aromatic rings. The second kappa shape index (κ2) is 5.56. The minimum atomic E-state index is -0.177. The van der Waals surface area contributed by atoms with E-state index in [9.17, 15) is 4.79 Å². The van der Waals surface area contributed by atoms with Crippen molar-refractivity contribution >= 4 is 23.2 Å². The van der Waals surface area contributed by atoms with Gasteiger partial charge < -0.3 is 11.1 Å². The molecule has 4 heteroatoms. The molecule has 1 atom stereocenters. The Labute approximate surface area is 100 Å². The third-order valence-corrected chi connectivity index (χ3v) is 2.30. The van der Waals surface area contributed by atoms with Gasteiger partial charge in [-0.1, -0.05) is 17.7 Å². The van der Waals surface area contributed by atoms with Crippen molar-refractivity contribution in [2.24, 2.45) is 0 Å². The summed E-state index contributed by atoms with van der Waals surface area (Å²) in [4.78, 5) is 11.8. The quantitative estimate of drug-likeness (QED) is 0.626. The number of anilines is 1. The van der Waals surface area contributed by atoms with Gasteiger partial charge in [-0.3, -0.25) is 4.79 Å². The molecule has 0 heterocycles. The van der Waals surface area contributed by atoms with Crippen LogP contribution in [0.2, 0.25) is 5.02 Å². The van der Waals surface area contributed by atoms with E-state index >= 15 is 0 Å². The first kappa shape index (κ1) is 12.6. The van der Waals surface area contributed by atoms with Crippen LogP contribution < -0.4 is 11.1 Å². The van der Waals surface area contributed by atoms with E-state index in [-0.39, 0.29) is 11.9 Å². The molecule has 0 aliphatic carbocycles. The summed E-state index contributed by atoms with van der Waals surface area (Å²) in [5.74, 6) is -0.177. The molecule has 0 aliphatic rings. The van der Waals surface area contributed by atoms with E-state index < -0.39 is 0 Å². The van der Waals surface area contributed by atoms with E-state index in [1.807, 2.05) is 6.92 Å². The number of carbonyl (C=O) groups is 1. The molecule has 0 spiro atoms. The van der Waals surface area contributed by atoms with Crippen molar-refractivity contribution in [1.82, 2.24) is 5.32 Å². The Bertz CT molecular complexity index is 384. The largest absolute Gasteiger partial charge is 0.399 e. The molecule has 3 N–H and O–H groups in total. The van der Waals surface area contributed by atoms with Gasteiger partial charge in [0.2, 0.25) is 0 Å². The van der Waals surface area contributed by atoms with Gasteiger partial charge in [-0.15, -0.1) is 6.58 Å². The lowest BCUT2D eigenvalue weighted by Crippen LogP contribution is -2.32. The predicted octanol–water partition coefficient (Wildman–Crippen LogP) is 2.62. The monoisotopic (exact) mass is 238 g/mol. The molecule has 0 aliphatic heterocycles. The minimum Gasteiger partial charge on any atom is -0.399 e. The van der Waals surface area contributed by atoms with Crippen molar-refractivity contribution < 1.29 is 4.79 Å². The zero-order valence-electron chi connectivity index (χ0n) is 9.16. The van der Waals surface area contributed by atoms with Gasteiger partial charge in [-0.25, -0.2) is 0 Å². The first-order valence-corrected chi connectivity index (χ1v) is 5.38. The van der Waals surface area contributed by atoms with Crippen LogP contribution in [0, 0.1) is 0 Å². The van der Waals surface area contributed by atoms with Crippen LogP contribution in [0.15, 0.2) is 30.9 Å². The summed E-state index contributed by atoms with van der Waals surface area (Å²) in [6.45, 7) is 5.53. The van der Waals surface area contributed by atoms with Crippen molar-refractivity contribution in [1.29, 1.82) is 0 Å². The molecule has 0 saturated heterocycles. The molecule has 0 radical (unpaired) electrons. The Morgan fingerprint density at radius 2 is 2.31 bits per heavy atom. The normalized spacial score (nSPS) is 11.9. The van der Waals surface area contributed by atoms with E-state index in [0.717, 1.165) is 6.42 Å². The Balaban J connectivity index is 2.76. The number of hydrogen-bond donors (Lipinski definition) is 2. The van der Waals surface area contributed by atoms with Gasteiger partial charge in [-0.2, -0.15) is 0 Å². The number of halogens is 1. The standard InChI is InChI=1S/C12H15ClN2O/c1-3-4-8(2)15-12(16)9-5-10(13)7-11(14)6-9/h3,5-8H,1,4,14H2,2H3,(H,15,16). The number of nitrogen functional groups attached to an aromatic ring is 1. The molecule has 0 saturated carbocycles. The van der Waals surface area contributed by atoms with Crippen LogP contribution in [0.5, 0.6) is 0 Å². The Morgan fingerprint density at radius 1 is 1.62 bits per heavy atom. The smallest absolute Gasteiger partial charge is 0.251 e. The molecule has 1 aromatic carbocycles. The molecule has 0 aromatic heterocycles. The van der Waals surface area contributed by atoms with Gasteiger partial charge in [0.1, 0.15) is 0 Å². The number of carbonyl (C=O) groups excluding carboxylic acids is 1. The third kappa shape index (κ3) is 3.59. The zero-order valence-corrected chi connectivity index (χ0v) is 9.92. The molecule has 3 nitrogen and oxygen atoms in total. The molecule has 0 fully saturated rings.